The minimum absolute atomic E-state index is 0.326. The Bertz CT molecular complexity index is 408. The van der Waals surface area contributed by atoms with Crippen LogP contribution in [0, 0.1) is 0 Å². The molecule has 1 rings (SSSR count). The SMILES string of the molecule is COc1ccc(Br)c([C@H](N)C(=O)O)c1OC. The van der Waals surface area contributed by atoms with Crippen molar-refractivity contribution in [2.24, 2.45) is 5.73 Å². The van der Waals surface area contributed by atoms with Gasteiger partial charge in [0.25, 0.3) is 0 Å². The monoisotopic (exact) mass is 289 g/mol. The third-order valence-corrected chi connectivity index (χ3v) is 2.80. The van der Waals surface area contributed by atoms with Crippen molar-refractivity contribution in [2.45, 2.75) is 6.04 Å². The van der Waals surface area contributed by atoms with Crippen LogP contribution in [-0.2, 0) is 4.79 Å². The zero-order valence-corrected chi connectivity index (χ0v) is 10.4. The van der Waals surface area contributed by atoms with Crippen molar-refractivity contribution < 1.29 is 19.4 Å². The van der Waals surface area contributed by atoms with Gasteiger partial charge in [0.05, 0.1) is 14.2 Å². The number of methoxy groups -OCH3 is 2. The number of rotatable bonds is 4. The molecule has 0 fully saturated rings. The second-order valence-electron chi connectivity index (χ2n) is 3.01. The van der Waals surface area contributed by atoms with Gasteiger partial charge in [0.2, 0.25) is 0 Å². The minimum atomic E-state index is -1.17. The Labute approximate surface area is 101 Å². The van der Waals surface area contributed by atoms with Crippen molar-refractivity contribution in [1.82, 2.24) is 0 Å². The number of carboxylic acids is 1. The fourth-order valence-corrected chi connectivity index (χ4v) is 1.90. The number of hydrogen-bond acceptors (Lipinski definition) is 4. The van der Waals surface area contributed by atoms with Gasteiger partial charge in [0.15, 0.2) is 11.5 Å². The molecule has 1 aromatic rings. The maximum atomic E-state index is 10.9. The number of nitrogens with two attached hydrogens (primary N) is 1. The van der Waals surface area contributed by atoms with Gasteiger partial charge < -0.3 is 20.3 Å². The number of aliphatic carboxylic acids is 1. The molecule has 0 heterocycles. The van der Waals surface area contributed by atoms with Crippen molar-refractivity contribution in [3.63, 3.8) is 0 Å². The topological polar surface area (TPSA) is 81.8 Å². The number of hydrogen-bond donors (Lipinski definition) is 2. The van der Waals surface area contributed by atoms with Gasteiger partial charge in [-0.1, -0.05) is 15.9 Å². The van der Waals surface area contributed by atoms with E-state index in [0.717, 1.165) is 0 Å². The maximum absolute atomic E-state index is 10.9. The van der Waals surface area contributed by atoms with Crippen molar-refractivity contribution in [1.29, 1.82) is 0 Å². The zero-order chi connectivity index (χ0) is 12.3. The smallest absolute Gasteiger partial charge is 0.325 e. The molecule has 16 heavy (non-hydrogen) atoms. The lowest BCUT2D eigenvalue weighted by Crippen LogP contribution is -2.22. The summed E-state index contributed by atoms with van der Waals surface area (Å²) in [5.41, 5.74) is 5.93. The molecule has 0 saturated carbocycles. The lowest BCUT2D eigenvalue weighted by molar-refractivity contribution is -0.138. The van der Waals surface area contributed by atoms with Crippen molar-refractivity contribution in [3.05, 3.63) is 22.2 Å². The van der Waals surface area contributed by atoms with Gasteiger partial charge in [-0.15, -0.1) is 0 Å². The molecular formula is C10H12BrNO4. The number of carbonyl (C=O) groups is 1. The third kappa shape index (κ3) is 2.28. The Hall–Kier alpha value is -1.27. The van der Waals surface area contributed by atoms with E-state index >= 15 is 0 Å². The van der Waals surface area contributed by atoms with Crippen LogP contribution in [0.25, 0.3) is 0 Å². The highest BCUT2D eigenvalue weighted by atomic mass is 79.9. The predicted molar refractivity (Wildman–Crippen MR) is 61.8 cm³/mol. The molecule has 0 amide bonds. The number of ether oxygens (including phenoxy) is 2. The average molecular weight is 290 g/mol. The summed E-state index contributed by atoms with van der Waals surface area (Å²) in [5, 5.41) is 8.90. The zero-order valence-electron chi connectivity index (χ0n) is 8.86. The summed E-state index contributed by atoms with van der Waals surface area (Å²) in [4.78, 5) is 10.9. The fraction of sp³-hybridized carbons (Fsp3) is 0.300. The van der Waals surface area contributed by atoms with Gasteiger partial charge in [-0.2, -0.15) is 0 Å². The highest BCUT2D eigenvalue weighted by Crippen LogP contribution is 2.39. The summed E-state index contributed by atoms with van der Waals surface area (Å²) in [5.74, 6) is -0.364. The summed E-state index contributed by atoms with van der Waals surface area (Å²) in [6.07, 6.45) is 0. The molecule has 0 aliphatic carbocycles. The molecule has 0 aliphatic heterocycles. The summed E-state index contributed by atoms with van der Waals surface area (Å²) in [7, 11) is 2.91. The quantitative estimate of drug-likeness (QED) is 0.879. The van der Waals surface area contributed by atoms with E-state index < -0.39 is 12.0 Å². The molecule has 6 heteroatoms. The van der Waals surface area contributed by atoms with E-state index in [0.29, 0.717) is 21.5 Å². The molecule has 0 spiro atoms. The van der Waals surface area contributed by atoms with Crippen LogP contribution in [0.15, 0.2) is 16.6 Å². The highest BCUT2D eigenvalue weighted by Gasteiger charge is 2.24. The van der Waals surface area contributed by atoms with Gasteiger partial charge in [0.1, 0.15) is 6.04 Å². The first kappa shape index (κ1) is 12.8. The van der Waals surface area contributed by atoms with Gasteiger partial charge in [-0.25, -0.2) is 0 Å². The van der Waals surface area contributed by atoms with Crippen LogP contribution in [0.2, 0.25) is 0 Å². The second kappa shape index (κ2) is 5.18. The fourth-order valence-electron chi connectivity index (χ4n) is 1.34. The second-order valence-corrected chi connectivity index (χ2v) is 3.87. The van der Waals surface area contributed by atoms with E-state index in [2.05, 4.69) is 15.9 Å². The summed E-state index contributed by atoms with van der Waals surface area (Å²) in [6.45, 7) is 0. The van der Waals surface area contributed by atoms with Gasteiger partial charge in [0, 0.05) is 10.0 Å². The molecule has 0 aliphatic rings. The van der Waals surface area contributed by atoms with E-state index in [9.17, 15) is 4.79 Å². The molecule has 0 saturated heterocycles. The van der Waals surface area contributed by atoms with E-state index in [1.165, 1.54) is 14.2 Å². The molecule has 88 valence electrons. The van der Waals surface area contributed by atoms with Crippen molar-refractivity contribution >= 4 is 21.9 Å². The first-order chi connectivity index (χ1) is 7.52. The molecule has 1 aromatic carbocycles. The van der Waals surface area contributed by atoms with Crippen LogP contribution in [0.3, 0.4) is 0 Å². The Morgan fingerprint density at radius 3 is 2.50 bits per heavy atom. The van der Waals surface area contributed by atoms with Crippen LogP contribution in [0.4, 0.5) is 0 Å². The minimum Gasteiger partial charge on any atom is -0.493 e. The van der Waals surface area contributed by atoms with Gasteiger partial charge >= 0.3 is 5.97 Å². The molecule has 1 atom stereocenters. The molecule has 5 nitrogen and oxygen atoms in total. The van der Waals surface area contributed by atoms with E-state index in [1.807, 2.05) is 0 Å². The maximum Gasteiger partial charge on any atom is 0.325 e. The third-order valence-electron chi connectivity index (χ3n) is 2.11. The standard InChI is InChI=1S/C10H12BrNO4/c1-15-6-4-3-5(11)7(9(6)16-2)8(12)10(13)14/h3-4,8H,12H2,1-2H3,(H,13,14)/t8-/m0/s1. The summed E-state index contributed by atoms with van der Waals surface area (Å²) in [6, 6.07) is 2.17. The molecule has 3 N–H and O–H groups in total. The van der Waals surface area contributed by atoms with Crippen LogP contribution in [-0.4, -0.2) is 25.3 Å². The largest absolute Gasteiger partial charge is 0.493 e. The predicted octanol–water partition coefficient (Wildman–Crippen LogP) is 1.55. The normalized spacial score (nSPS) is 12.0. The average Bonchev–Trinajstić information content (AvgIpc) is 2.27. The summed E-state index contributed by atoms with van der Waals surface area (Å²) >= 11 is 3.24. The van der Waals surface area contributed by atoms with E-state index in [-0.39, 0.29) is 0 Å². The first-order valence-corrected chi connectivity index (χ1v) is 5.21. The van der Waals surface area contributed by atoms with Crippen LogP contribution in [0.1, 0.15) is 11.6 Å². The van der Waals surface area contributed by atoms with Crippen molar-refractivity contribution in [3.8, 4) is 11.5 Å². The summed E-state index contributed by atoms with van der Waals surface area (Å²) < 4.78 is 10.8. The molecule has 0 unspecified atom stereocenters. The highest BCUT2D eigenvalue weighted by molar-refractivity contribution is 9.10. The number of benzene rings is 1. The van der Waals surface area contributed by atoms with Crippen LogP contribution < -0.4 is 15.2 Å². The van der Waals surface area contributed by atoms with Gasteiger partial charge in [-0.3, -0.25) is 4.79 Å². The van der Waals surface area contributed by atoms with Crippen LogP contribution in [0.5, 0.6) is 11.5 Å². The Kier molecular flexibility index (Phi) is 4.14. The first-order valence-electron chi connectivity index (χ1n) is 4.41. The van der Waals surface area contributed by atoms with E-state index in [1.54, 1.807) is 12.1 Å². The Morgan fingerprint density at radius 2 is 2.06 bits per heavy atom. The molecule has 0 bridgehead atoms. The van der Waals surface area contributed by atoms with Gasteiger partial charge in [-0.05, 0) is 12.1 Å². The van der Waals surface area contributed by atoms with Crippen molar-refractivity contribution in [2.75, 3.05) is 14.2 Å². The lowest BCUT2D eigenvalue weighted by Gasteiger charge is -2.16. The molecule has 0 radical (unpaired) electrons. The number of carboxylic acid groups (broad SMARTS) is 1. The molecular weight excluding hydrogens is 278 g/mol. The van der Waals surface area contributed by atoms with Crippen LogP contribution >= 0.6 is 15.9 Å². The molecule has 0 aromatic heterocycles. The Balaban J connectivity index is 3.39. The lowest BCUT2D eigenvalue weighted by atomic mass is 10.1. The number of halogens is 1. The Morgan fingerprint density at radius 1 is 1.44 bits per heavy atom. The van der Waals surface area contributed by atoms with E-state index in [4.69, 9.17) is 20.3 Å².